The molecule has 32 heavy (non-hydrogen) atoms. The molecule has 1 fully saturated rings. The number of benzene rings is 1. The summed E-state index contributed by atoms with van der Waals surface area (Å²) < 4.78 is 5.58. The first-order chi connectivity index (χ1) is 15.2. The summed E-state index contributed by atoms with van der Waals surface area (Å²) in [5.74, 6) is -0.417. The summed E-state index contributed by atoms with van der Waals surface area (Å²) in [7, 11) is 0. The van der Waals surface area contributed by atoms with Crippen LogP contribution >= 0.6 is 0 Å². The van der Waals surface area contributed by atoms with Gasteiger partial charge in [0.1, 0.15) is 0 Å². The van der Waals surface area contributed by atoms with Crippen LogP contribution in [0.25, 0.3) is 16.5 Å². The number of esters is 1. The van der Waals surface area contributed by atoms with E-state index in [1.807, 2.05) is 36.9 Å². The number of amides is 2. The summed E-state index contributed by atoms with van der Waals surface area (Å²) in [5, 5.41) is 1.07. The van der Waals surface area contributed by atoms with Crippen molar-refractivity contribution in [2.45, 2.75) is 46.1 Å². The van der Waals surface area contributed by atoms with Crippen molar-refractivity contribution in [2.75, 3.05) is 39.3 Å². The van der Waals surface area contributed by atoms with Crippen molar-refractivity contribution < 1.29 is 14.3 Å². The van der Waals surface area contributed by atoms with E-state index in [9.17, 15) is 9.59 Å². The molecule has 3 heterocycles. The van der Waals surface area contributed by atoms with Crippen LogP contribution < -0.4 is 0 Å². The fraction of sp³-hybridized carbons (Fsp3) is 0.520. The molecule has 2 aliphatic heterocycles. The molecule has 1 aromatic carbocycles. The van der Waals surface area contributed by atoms with E-state index in [0.29, 0.717) is 25.2 Å². The minimum absolute atomic E-state index is 0.0573. The number of carbonyl (C=O) groups is 2. The van der Waals surface area contributed by atoms with Crippen molar-refractivity contribution in [2.24, 2.45) is 0 Å². The lowest BCUT2D eigenvalue weighted by Crippen LogP contribution is -2.53. The summed E-state index contributed by atoms with van der Waals surface area (Å²) in [4.78, 5) is 36.1. The van der Waals surface area contributed by atoms with Crippen molar-refractivity contribution in [1.29, 1.82) is 0 Å². The Balaban J connectivity index is 1.77. The first-order valence-electron chi connectivity index (χ1n) is 11.5. The Morgan fingerprint density at radius 1 is 1.12 bits per heavy atom. The maximum atomic E-state index is 13.5. The van der Waals surface area contributed by atoms with Gasteiger partial charge in [-0.05, 0) is 32.0 Å². The molecule has 172 valence electrons. The van der Waals surface area contributed by atoms with E-state index < -0.39 is 5.97 Å². The van der Waals surface area contributed by atoms with Crippen LogP contribution in [0.1, 0.15) is 45.9 Å². The molecular weight excluding hydrogens is 404 g/mol. The predicted molar refractivity (Wildman–Crippen MR) is 126 cm³/mol. The summed E-state index contributed by atoms with van der Waals surface area (Å²) in [6, 6.07) is 8.01. The molecule has 0 unspecified atom stereocenters. The SMILES string of the molecule is CCN1CCN(C(=O)N2C=C(C(=O)OC(C)C)c3[nH]c4ccccc4c3C(C)(C)C2)CC1. The molecule has 2 aromatic rings. The van der Waals surface area contributed by atoms with Crippen LogP contribution in [0.4, 0.5) is 4.79 Å². The fourth-order valence-electron chi connectivity index (χ4n) is 4.81. The molecular formula is C25H34N4O3. The Hall–Kier alpha value is -2.80. The van der Waals surface area contributed by atoms with Gasteiger partial charge in [-0.1, -0.05) is 39.0 Å². The molecule has 0 aliphatic carbocycles. The Kier molecular flexibility index (Phi) is 6.03. The number of hydrogen-bond acceptors (Lipinski definition) is 4. The van der Waals surface area contributed by atoms with E-state index in [4.69, 9.17) is 4.74 Å². The number of para-hydroxylation sites is 1. The number of piperazine rings is 1. The molecule has 0 spiro atoms. The highest BCUT2D eigenvalue weighted by Crippen LogP contribution is 2.40. The number of ether oxygens (including phenoxy) is 1. The number of carbonyl (C=O) groups excluding carboxylic acids is 2. The van der Waals surface area contributed by atoms with Gasteiger partial charge in [0.15, 0.2) is 0 Å². The maximum absolute atomic E-state index is 13.5. The number of urea groups is 1. The van der Waals surface area contributed by atoms with Gasteiger partial charge in [0.05, 0.1) is 17.4 Å². The third-order valence-corrected chi connectivity index (χ3v) is 6.40. The van der Waals surface area contributed by atoms with Crippen LogP contribution in [0.15, 0.2) is 30.5 Å². The number of H-pyrrole nitrogens is 1. The summed E-state index contributed by atoms with van der Waals surface area (Å²) in [6.07, 6.45) is 1.45. The molecule has 0 radical (unpaired) electrons. The van der Waals surface area contributed by atoms with Gasteiger partial charge < -0.3 is 19.5 Å². The molecule has 0 saturated carbocycles. The zero-order chi connectivity index (χ0) is 23.0. The molecule has 2 aliphatic rings. The topological polar surface area (TPSA) is 68.9 Å². The Morgan fingerprint density at radius 3 is 2.47 bits per heavy atom. The summed E-state index contributed by atoms with van der Waals surface area (Å²) in [5.41, 5.74) is 2.80. The Labute approximate surface area is 190 Å². The third-order valence-electron chi connectivity index (χ3n) is 6.40. The normalized spacial score (nSPS) is 19.0. The molecule has 1 N–H and O–H groups in total. The highest BCUT2D eigenvalue weighted by Gasteiger charge is 2.38. The van der Waals surface area contributed by atoms with Gasteiger partial charge in [-0.3, -0.25) is 4.90 Å². The fourth-order valence-corrected chi connectivity index (χ4v) is 4.81. The van der Waals surface area contributed by atoms with Crippen LogP contribution in [-0.2, 0) is 14.9 Å². The van der Waals surface area contributed by atoms with Crippen LogP contribution in [0.5, 0.6) is 0 Å². The number of aromatic amines is 1. The van der Waals surface area contributed by atoms with E-state index in [1.54, 1.807) is 11.1 Å². The molecule has 7 heteroatoms. The summed E-state index contributed by atoms with van der Waals surface area (Å²) >= 11 is 0. The van der Waals surface area contributed by atoms with Gasteiger partial charge in [-0.25, -0.2) is 9.59 Å². The maximum Gasteiger partial charge on any atom is 0.342 e. The molecule has 0 bridgehead atoms. The number of likely N-dealkylation sites (N-methyl/N-ethyl adjacent to an activating group) is 1. The zero-order valence-electron chi connectivity index (χ0n) is 19.8. The molecule has 4 rings (SSSR count). The minimum Gasteiger partial charge on any atom is -0.459 e. The quantitative estimate of drug-likeness (QED) is 0.740. The molecule has 0 atom stereocenters. The Bertz CT molecular complexity index is 1040. The number of nitrogens with one attached hydrogen (secondary N) is 1. The van der Waals surface area contributed by atoms with E-state index >= 15 is 0 Å². The van der Waals surface area contributed by atoms with E-state index in [-0.39, 0.29) is 17.6 Å². The van der Waals surface area contributed by atoms with Crippen molar-refractivity contribution in [3.63, 3.8) is 0 Å². The molecule has 2 amide bonds. The average Bonchev–Trinajstić information content (AvgIpc) is 3.10. The standard InChI is InChI=1S/C25H34N4O3/c1-6-27-11-13-28(14-12-27)24(31)29-15-19(23(30)32-17(2)3)22-21(25(4,5)16-29)18-9-7-8-10-20(18)26-22/h7-10,15,17,26H,6,11-14,16H2,1-5H3. The second kappa shape index (κ2) is 8.62. The lowest BCUT2D eigenvalue weighted by atomic mass is 9.82. The predicted octanol–water partition coefficient (Wildman–Crippen LogP) is 3.81. The third kappa shape index (κ3) is 4.13. The number of rotatable bonds is 3. The number of nitrogens with zero attached hydrogens (tertiary/aromatic N) is 3. The molecule has 1 saturated heterocycles. The zero-order valence-corrected chi connectivity index (χ0v) is 19.8. The Morgan fingerprint density at radius 2 is 1.81 bits per heavy atom. The van der Waals surface area contributed by atoms with E-state index in [0.717, 1.165) is 41.8 Å². The van der Waals surface area contributed by atoms with Crippen LogP contribution in [0.2, 0.25) is 0 Å². The number of fused-ring (bicyclic) bond motifs is 3. The highest BCUT2D eigenvalue weighted by molar-refractivity contribution is 6.18. The van der Waals surface area contributed by atoms with Gasteiger partial charge in [0.25, 0.3) is 0 Å². The van der Waals surface area contributed by atoms with Crippen LogP contribution in [0.3, 0.4) is 0 Å². The number of hydrogen-bond donors (Lipinski definition) is 1. The minimum atomic E-state index is -0.417. The second-order valence-electron chi connectivity index (χ2n) is 9.63. The van der Waals surface area contributed by atoms with E-state index in [2.05, 4.69) is 36.7 Å². The van der Waals surface area contributed by atoms with Crippen molar-refractivity contribution in [3.8, 4) is 0 Å². The van der Waals surface area contributed by atoms with Gasteiger partial charge in [0, 0.05) is 55.2 Å². The van der Waals surface area contributed by atoms with Crippen molar-refractivity contribution in [3.05, 3.63) is 41.7 Å². The second-order valence-corrected chi connectivity index (χ2v) is 9.63. The van der Waals surface area contributed by atoms with Gasteiger partial charge in [-0.2, -0.15) is 0 Å². The first-order valence-corrected chi connectivity index (χ1v) is 11.5. The summed E-state index contributed by atoms with van der Waals surface area (Å²) in [6.45, 7) is 14.7. The average molecular weight is 439 g/mol. The lowest BCUT2D eigenvalue weighted by molar-refractivity contribution is -0.140. The first kappa shape index (κ1) is 22.4. The van der Waals surface area contributed by atoms with Gasteiger partial charge in [0.2, 0.25) is 0 Å². The van der Waals surface area contributed by atoms with Crippen LogP contribution in [0, 0.1) is 0 Å². The van der Waals surface area contributed by atoms with Crippen LogP contribution in [-0.4, -0.2) is 77.1 Å². The monoisotopic (exact) mass is 438 g/mol. The molecule has 1 aromatic heterocycles. The van der Waals surface area contributed by atoms with Crippen molar-refractivity contribution in [1.82, 2.24) is 19.7 Å². The van der Waals surface area contributed by atoms with Gasteiger partial charge >= 0.3 is 12.0 Å². The molecule has 7 nitrogen and oxygen atoms in total. The number of aromatic nitrogens is 1. The van der Waals surface area contributed by atoms with Gasteiger partial charge in [-0.15, -0.1) is 0 Å². The lowest BCUT2D eigenvalue weighted by Gasteiger charge is -2.38. The largest absolute Gasteiger partial charge is 0.459 e. The van der Waals surface area contributed by atoms with E-state index in [1.165, 1.54) is 0 Å². The van der Waals surface area contributed by atoms with Crippen molar-refractivity contribution >= 4 is 28.5 Å². The smallest absolute Gasteiger partial charge is 0.342 e. The highest BCUT2D eigenvalue weighted by atomic mass is 16.5.